The van der Waals surface area contributed by atoms with E-state index in [1.165, 1.54) is 12.8 Å². The van der Waals surface area contributed by atoms with Gasteiger partial charge in [-0.05, 0) is 26.4 Å². The minimum atomic E-state index is 0.0509. The van der Waals surface area contributed by atoms with E-state index in [9.17, 15) is 4.79 Å². The van der Waals surface area contributed by atoms with Crippen LogP contribution in [0.25, 0.3) is 0 Å². The summed E-state index contributed by atoms with van der Waals surface area (Å²) in [5, 5.41) is 3.26. The van der Waals surface area contributed by atoms with Crippen molar-refractivity contribution in [3.05, 3.63) is 0 Å². The molecule has 0 saturated carbocycles. The molecule has 1 amide bonds. The van der Waals surface area contributed by atoms with Gasteiger partial charge in [-0.25, -0.2) is 0 Å². The molecule has 2 rings (SSSR count). The Labute approximate surface area is 109 Å². The van der Waals surface area contributed by atoms with Crippen molar-refractivity contribution in [2.24, 2.45) is 0 Å². The van der Waals surface area contributed by atoms with Crippen LogP contribution in [0, 0.1) is 0 Å². The van der Waals surface area contributed by atoms with Gasteiger partial charge in [0, 0.05) is 32.7 Å². The highest BCUT2D eigenvalue weighted by atomic mass is 16.5. The van der Waals surface area contributed by atoms with Crippen LogP contribution in [0.3, 0.4) is 0 Å². The first-order valence-electron chi connectivity index (χ1n) is 6.93. The van der Waals surface area contributed by atoms with Crippen molar-refractivity contribution >= 4 is 5.91 Å². The Kier molecular flexibility index (Phi) is 4.97. The number of hydrogen-bond donors (Lipinski definition) is 1. The van der Waals surface area contributed by atoms with Crippen molar-refractivity contribution in [1.29, 1.82) is 0 Å². The zero-order chi connectivity index (χ0) is 13.0. The first-order valence-corrected chi connectivity index (χ1v) is 6.93. The molecule has 0 aromatic rings. The molecule has 0 spiro atoms. The van der Waals surface area contributed by atoms with Gasteiger partial charge in [0.1, 0.15) is 0 Å². The second-order valence-electron chi connectivity index (χ2n) is 5.45. The maximum absolute atomic E-state index is 12.1. The molecular weight excluding hydrogens is 230 g/mol. The second-order valence-corrected chi connectivity index (χ2v) is 5.45. The summed E-state index contributed by atoms with van der Waals surface area (Å²) in [5.74, 6) is 0.198. The maximum Gasteiger partial charge on any atom is 0.225 e. The number of nitrogens with one attached hydrogen (secondary N) is 1. The molecule has 2 fully saturated rings. The molecule has 0 aliphatic carbocycles. The predicted octanol–water partition coefficient (Wildman–Crippen LogP) is -0.0825. The molecule has 2 atom stereocenters. The van der Waals surface area contributed by atoms with E-state index in [4.69, 9.17) is 4.74 Å². The van der Waals surface area contributed by atoms with Crippen LogP contribution in [0.5, 0.6) is 0 Å². The van der Waals surface area contributed by atoms with Gasteiger partial charge in [0.05, 0.1) is 19.1 Å². The van der Waals surface area contributed by atoms with Gasteiger partial charge in [-0.1, -0.05) is 0 Å². The van der Waals surface area contributed by atoms with Crippen molar-refractivity contribution in [3.63, 3.8) is 0 Å². The van der Waals surface area contributed by atoms with E-state index in [1.807, 2.05) is 11.9 Å². The van der Waals surface area contributed by atoms with E-state index in [-0.39, 0.29) is 12.0 Å². The quantitative estimate of drug-likeness (QED) is 0.763. The smallest absolute Gasteiger partial charge is 0.225 e. The lowest BCUT2D eigenvalue weighted by molar-refractivity contribution is -0.134. The molecule has 18 heavy (non-hydrogen) atoms. The molecule has 1 N–H and O–H groups in total. The van der Waals surface area contributed by atoms with Crippen LogP contribution in [0.15, 0.2) is 0 Å². The first-order chi connectivity index (χ1) is 8.66. The van der Waals surface area contributed by atoms with Crippen molar-refractivity contribution < 1.29 is 9.53 Å². The van der Waals surface area contributed by atoms with Gasteiger partial charge in [-0.3, -0.25) is 4.79 Å². The fourth-order valence-corrected chi connectivity index (χ4v) is 2.73. The van der Waals surface area contributed by atoms with Gasteiger partial charge >= 0.3 is 0 Å². The Balaban J connectivity index is 1.73. The van der Waals surface area contributed by atoms with Crippen LogP contribution in [-0.2, 0) is 9.53 Å². The SMILES string of the molecule is CN(CC1CCCN1C)C(=O)CC1CNCCO1. The molecule has 0 bridgehead atoms. The Hall–Kier alpha value is -0.650. The van der Waals surface area contributed by atoms with Gasteiger partial charge in [0.2, 0.25) is 5.91 Å². The van der Waals surface area contributed by atoms with E-state index < -0.39 is 0 Å². The van der Waals surface area contributed by atoms with E-state index >= 15 is 0 Å². The fraction of sp³-hybridized carbons (Fsp3) is 0.923. The van der Waals surface area contributed by atoms with Gasteiger partial charge in [-0.15, -0.1) is 0 Å². The highest BCUT2D eigenvalue weighted by Crippen LogP contribution is 2.16. The van der Waals surface area contributed by atoms with Gasteiger partial charge in [0.25, 0.3) is 0 Å². The van der Waals surface area contributed by atoms with E-state index in [1.54, 1.807) is 0 Å². The summed E-state index contributed by atoms with van der Waals surface area (Å²) < 4.78 is 5.57. The lowest BCUT2D eigenvalue weighted by Gasteiger charge is -2.28. The highest BCUT2D eigenvalue weighted by Gasteiger charge is 2.25. The van der Waals surface area contributed by atoms with Crippen LogP contribution in [-0.4, -0.2) is 74.7 Å². The summed E-state index contributed by atoms with van der Waals surface area (Å²) in [7, 11) is 4.05. The number of ether oxygens (including phenoxy) is 1. The average Bonchev–Trinajstić information content (AvgIpc) is 2.76. The molecule has 2 aliphatic rings. The number of carbonyl (C=O) groups excluding carboxylic acids is 1. The average molecular weight is 255 g/mol. The largest absolute Gasteiger partial charge is 0.375 e. The third-order valence-electron chi connectivity index (χ3n) is 3.99. The molecule has 0 aromatic carbocycles. The van der Waals surface area contributed by atoms with Crippen LogP contribution in [0.1, 0.15) is 19.3 Å². The molecular formula is C13H25N3O2. The topological polar surface area (TPSA) is 44.8 Å². The maximum atomic E-state index is 12.1. The summed E-state index contributed by atoms with van der Waals surface area (Å²) in [5.41, 5.74) is 0. The Morgan fingerprint density at radius 2 is 2.39 bits per heavy atom. The number of nitrogens with zero attached hydrogens (tertiary/aromatic N) is 2. The Morgan fingerprint density at radius 3 is 3.00 bits per heavy atom. The second kappa shape index (κ2) is 6.50. The summed E-state index contributed by atoms with van der Waals surface area (Å²) >= 11 is 0. The molecule has 2 saturated heterocycles. The fourth-order valence-electron chi connectivity index (χ4n) is 2.73. The molecule has 2 unspecified atom stereocenters. The molecule has 2 aliphatic heterocycles. The summed E-state index contributed by atoms with van der Waals surface area (Å²) in [6, 6.07) is 0.532. The number of hydrogen-bond acceptors (Lipinski definition) is 4. The third kappa shape index (κ3) is 3.67. The summed E-state index contributed by atoms with van der Waals surface area (Å²) in [6.07, 6.45) is 3.00. The normalized spacial score (nSPS) is 29.4. The molecule has 2 heterocycles. The Bertz CT molecular complexity index is 279. The monoisotopic (exact) mass is 255 g/mol. The molecule has 0 radical (unpaired) electrons. The lowest BCUT2D eigenvalue weighted by Crippen LogP contribution is -2.44. The first kappa shape index (κ1) is 13.8. The van der Waals surface area contributed by atoms with E-state index in [0.717, 1.165) is 26.2 Å². The highest BCUT2D eigenvalue weighted by molar-refractivity contribution is 5.76. The number of morpholine rings is 1. The lowest BCUT2D eigenvalue weighted by atomic mass is 10.1. The zero-order valence-electron chi connectivity index (χ0n) is 11.5. The van der Waals surface area contributed by atoms with E-state index in [2.05, 4.69) is 17.3 Å². The number of amides is 1. The van der Waals surface area contributed by atoms with E-state index in [0.29, 0.717) is 19.1 Å². The minimum Gasteiger partial charge on any atom is -0.375 e. The number of carbonyl (C=O) groups is 1. The number of rotatable bonds is 4. The van der Waals surface area contributed by atoms with Crippen LogP contribution < -0.4 is 5.32 Å². The number of likely N-dealkylation sites (tertiary alicyclic amines) is 1. The van der Waals surface area contributed by atoms with Crippen molar-refractivity contribution in [3.8, 4) is 0 Å². The Morgan fingerprint density at radius 1 is 1.56 bits per heavy atom. The van der Waals surface area contributed by atoms with Crippen molar-refractivity contribution in [2.75, 3.05) is 46.9 Å². The van der Waals surface area contributed by atoms with Crippen molar-refractivity contribution in [1.82, 2.24) is 15.1 Å². The minimum absolute atomic E-state index is 0.0509. The van der Waals surface area contributed by atoms with Gasteiger partial charge in [-0.2, -0.15) is 0 Å². The van der Waals surface area contributed by atoms with Gasteiger partial charge < -0.3 is 19.9 Å². The number of likely N-dealkylation sites (N-methyl/N-ethyl adjacent to an activating group) is 2. The third-order valence-corrected chi connectivity index (χ3v) is 3.99. The molecule has 0 aromatic heterocycles. The predicted molar refractivity (Wildman–Crippen MR) is 70.5 cm³/mol. The van der Waals surface area contributed by atoms with Crippen LogP contribution in [0.2, 0.25) is 0 Å². The van der Waals surface area contributed by atoms with Crippen molar-refractivity contribution in [2.45, 2.75) is 31.4 Å². The van der Waals surface area contributed by atoms with Crippen LogP contribution in [0.4, 0.5) is 0 Å². The molecule has 5 nitrogen and oxygen atoms in total. The summed E-state index contributed by atoms with van der Waals surface area (Å²) in [4.78, 5) is 16.3. The summed E-state index contributed by atoms with van der Waals surface area (Å²) in [6.45, 7) is 4.40. The molecule has 5 heteroatoms. The standard InChI is InChI=1S/C13H25N3O2/c1-15-6-3-4-11(15)10-16(2)13(17)8-12-9-14-5-7-18-12/h11-12,14H,3-10H2,1-2H3. The zero-order valence-corrected chi connectivity index (χ0v) is 11.5. The van der Waals surface area contributed by atoms with Gasteiger partial charge in [0.15, 0.2) is 0 Å². The van der Waals surface area contributed by atoms with Crippen LogP contribution >= 0.6 is 0 Å². The molecule has 104 valence electrons.